The van der Waals surface area contributed by atoms with Gasteiger partial charge in [-0.1, -0.05) is 25.1 Å². The number of anilines is 2. The van der Waals surface area contributed by atoms with Crippen molar-refractivity contribution >= 4 is 42.9 Å². The number of phenolic OH excluding ortho intramolecular Hbond substituents is 1. The minimum absolute atomic E-state index is 0.0182. The number of aromatic nitrogens is 2. The van der Waals surface area contributed by atoms with Gasteiger partial charge in [-0.25, -0.2) is 18.4 Å². The molecule has 0 saturated heterocycles. The Morgan fingerprint density at radius 2 is 1.81 bits per heavy atom. The molecule has 0 aliphatic carbocycles. The summed E-state index contributed by atoms with van der Waals surface area (Å²) < 4.78 is 24.6. The van der Waals surface area contributed by atoms with Crippen molar-refractivity contribution in [3.8, 4) is 16.9 Å². The summed E-state index contributed by atoms with van der Waals surface area (Å²) in [6.07, 6.45) is 1.47. The summed E-state index contributed by atoms with van der Waals surface area (Å²) in [5.41, 5.74) is 4.79. The predicted octanol–water partition coefficient (Wildman–Crippen LogP) is 5.53. The highest BCUT2D eigenvalue weighted by molar-refractivity contribution is 7.91. The molecule has 0 unspecified atom stereocenters. The fourth-order valence-corrected chi connectivity index (χ4v) is 5.41. The van der Waals surface area contributed by atoms with Gasteiger partial charge in [0.2, 0.25) is 0 Å². The van der Waals surface area contributed by atoms with E-state index in [-0.39, 0.29) is 22.1 Å². The molecule has 0 spiro atoms. The van der Waals surface area contributed by atoms with Gasteiger partial charge in [0, 0.05) is 10.4 Å². The summed E-state index contributed by atoms with van der Waals surface area (Å²) in [7, 11) is -3.41. The van der Waals surface area contributed by atoms with Gasteiger partial charge in [-0.2, -0.15) is 0 Å². The molecule has 31 heavy (non-hydrogen) atoms. The molecule has 160 valence electrons. The van der Waals surface area contributed by atoms with Crippen molar-refractivity contribution in [1.29, 1.82) is 0 Å². The van der Waals surface area contributed by atoms with E-state index in [2.05, 4.69) is 47.3 Å². The van der Waals surface area contributed by atoms with Crippen LogP contribution in [0.15, 0.2) is 47.6 Å². The number of thiophene rings is 1. The molecule has 8 heteroatoms. The van der Waals surface area contributed by atoms with Crippen LogP contribution in [0.3, 0.4) is 0 Å². The van der Waals surface area contributed by atoms with Crippen molar-refractivity contribution in [2.75, 3.05) is 11.1 Å². The average molecular weight is 454 g/mol. The zero-order chi connectivity index (χ0) is 22.3. The third-order valence-electron chi connectivity index (χ3n) is 5.42. The molecule has 0 aliphatic heterocycles. The Morgan fingerprint density at radius 3 is 2.52 bits per heavy atom. The van der Waals surface area contributed by atoms with Crippen molar-refractivity contribution in [3.63, 3.8) is 0 Å². The van der Waals surface area contributed by atoms with E-state index in [9.17, 15) is 13.5 Å². The predicted molar refractivity (Wildman–Crippen MR) is 126 cm³/mol. The fraction of sp³-hybridized carbons (Fsp3) is 0.217. The molecule has 2 aromatic heterocycles. The van der Waals surface area contributed by atoms with E-state index < -0.39 is 9.84 Å². The second-order valence-electron chi connectivity index (χ2n) is 7.44. The topological polar surface area (TPSA) is 92.2 Å². The van der Waals surface area contributed by atoms with E-state index in [0.29, 0.717) is 5.82 Å². The molecule has 6 nitrogen and oxygen atoms in total. The molecule has 2 heterocycles. The first kappa shape index (κ1) is 21.3. The Morgan fingerprint density at radius 1 is 1.03 bits per heavy atom. The minimum Gasteiger partial charge on any atom is -0.506 e. The molecule has 4 aromatic rings. The lowest BCUT2D eigenvalue weighted by Gasteiger charge is -2.12. The summed E-state index contributed by atoms with van der Waals surface area (Å²) in [5.74, 6) is 0.445. The van der Waals surface area contributed by atoms with Crippen LogP contribution < -0.4 is 5.32 Å². The summed E-state index contributed by atoms with van der Waals surface area (Å²) in [6.45, 7) is 7.80. The van der Waals surface area contributed by atoms with Crippen LogP contribution in [0.5, 0.6) is 5.75 Å². The summed E-state index contributed by atoms with van der Waals surface area (Å²) in [5, 5.41) is 14.4. The highest BCUT2D eigenvalue weighted by atomic mass is 32.2. The van der Waals surface area contributed by atoms with Gasteiger partial charge in [0.15, 0.2) is 9.84 Å². The zero-order valence-electron chi connectivity index (χ0n) is 17.7. The number of phenols is 1. The van der Waals surface area contributed by atoms with Crippen LogP contribution in [0, 0.1) is 20.8 Å². The second-order valence-corrected chi connectivity index (χ2v) is 10.9. The van der Waals surface area contributed by atoms with Crippen molar-refractivity contribution in [2.24, 2.45) is 0 Å². The largest absolute Gasteiger partial charge is 0.506 e. The lowest BCUT2D eigenvalue weighted by Crippen LogP contribution is -2.04. The first-order valence-electron chi connectivity index (χ1n) is 9.85. The SMILES string of the molecule is CCS(=O)(=O)c1ccc(O)c(Nc2ncnc3sc(C)c(-c4ccc(C)c(C)c4)c23)c1. The Kier molecular flexibility index (Phi) is 5.45. The molecular formula is C23H23N3O3S2. The molecule has 2 aromatic carbocycles. The maximum atomic E-state index is 12.3. The van der Waals surface area contributed by atoms with Crippen LogP contribution in [-0.2, 0) is 9.84 Å². The van der Waals surface area contributed by atoms with Gasteiger partial charge >= 0.3 is 0 Å². The van der Waals surface area contributed by atoms with Crippen molar-refractivity contribution in [1.82, 2.24) is 9.97 Å². The number of nitrogens with zero attached hydrogens (tertiary/aromatic N) is 2. The molecule has 2 N–H and O–H groups in total. The Bertz CT molecular complexity index is 1410. The highest BCUT2D eigenvalue weighted by Crippen LogP contribution is 2.42. The lowest BCUT2D eigenvalue weighted by molar-refractivity contribution is 0.477. The first-order valence-corrected chi connectivity index (χ1v) is 12.3. The number of fused-ring (bicyclic) bond motifs is 1. The van der Waals surface area contributed by atoms with E-state index in [0.717, 1.165) is 26.2 Å². The van der Waals surface area contributed by atoms with Crippen LogP contribution >= 0.6 is 11.3 Å². The van der Waals surface area contributed by atoms with E-state index in [4.69, 9.17) is 0 Å². The van der Waals surface area contributed by atoms with E-state index in [1.165, 1.54) is 35.7 Å². The normalized spacial score (nSPS) is 11.7. The number of hydrogen-bond acceptors (Lipinski definition) is 7. The Hall–Kier alpha value is -2.97. The number of nitrogens with one attached hydrogen (secondary N) is 1. The van der Waals surface area contributed by atoms with Crippen molar-refractivity contribution in [2.45, 2.75) is 32.6 Å². The Balaban J connectivity index is 1.89. The zero-order valence-corrected chi connectivity index (χ0v) is 19.4. The number of sulfone groups is 1. The number of rotatable bonds is 5. The van der Waals surface area contributed by atoms with Gasteiger partial charge in [0.05, 0.1) is 21.7 Å². The molecule has 0 amide bonds. The monoisotopic (exact) mass is 453 g/mol. The molecule has 0 radical (unpaired) electrons. The third kappa shape index (κ3) is 3.88. The maximum Gasteiger partial charge on any atom is 0.178 e. The minimum atomic E-state index is -3.41. The average Bonchev–Trinajstić information content (AvgIpc) is 3.08. The number of benzene rings is 2. The van der Waals surface area contributed by atoms with Gasteiger partial charge in [0.1, 0.15) is 22.7 Å². The molecule has 0 saturated carbocycles. The quantitative estimate of drug-likeness (QED) is 0.386. The van der Waals surface area contributed by atoms with Crippen LogP contribution in [-0.4, -0.2) is 29.2 Å². The van der Waals surface area contributed by atoms with E-state index in [1.54, 1.807) is 18.3 Å². The molecule has 0 fully saturated rings. The number of hydrogen-bond donors (Lipinski definition) is 2. The van der Waals surface area contributed by atoms with Gasteiger partial charge in [-0.05, 0) is 55.7 Å². The molecule has 0 bridgehead atoms. The smallest absolute Gasteiger partial charge is 0.178 e. The van der Waals surface area contributed by atoms with E-state index in [1.807, 2.05) is 6.92 Å². The Labute approximate surface area is 185 Å². The molecule has 0 atom stereocenters. The van der Waals surface area contributed by atoms with Crippen molar-refractivity contribution < 1.29 is 13.5 Å². The van der Waals surface area contributed by atoms with Crippen molar-refractivity contribution in [3.05, 3.63) is 58.7 Å². The third-order valence-corrected chi connectivity index (χ3v) is 8.17. The molecule has 4 rings (SSSR count). The van der Waals surface area contributed by atoms with Gasteiger partial charge in [-0.15, -0.1) is 11.3 Å². The summed E-state index contributed by atoms with van der Waals surface area (Å²) in [4.78, 5) is 10.9. The fourth-order valence-electron chi connectivity index (χ4n) is 3.49. The molecule has 0 aliphatic rings. The van der Waals surface area contributed by atoms with Gasteiger partial charge in [-0.3, -0.25) is 0 Å². The van der Waals surface area contributed by atoms with Crippen LogP contribution in [0.1, 0.15) is 22.9 Å². The highest BCUT2D eigenvalue weighted by Gasteiger charge is 2.19. The summed E-state index contributed by atoms with van der Waals surface area (Å²) >= 11 is 1.57. The van der Waals surface area contributed by atoms with Gasteiger partial charge in [0.25, 0.3) is 0 Å². The van der Waals surface area contributed by atoms with E-state index >= 15 is 0 Å². The van der Waals surface area contributed by atoms with Crippen LogP contribution in [0.4, 0.5) is 11.5 Å². The molecular weight excluding hydrogens is 430 g/mol. The summed E-state index contributed by atoms with van der Waals surface area (Å²) in [6, 6.07) is 10.6. The number of aryl methyl sites for hydroxylation is 3. The lowest BCUT2D eigenvalue weighted by atomic mass is 9.99. The van der Waals surface area contributed by atoms with Gasteiger partial charge < -0.3 is 10.4 Å². The second kappa shape index (κ2) is 7.94. The van der Waals surface area contributed by atoms with Crippen LogP contribution in [0.2, 0.25) is 0 Å². The van der Waals surface area contributed by atoms with Crippen LogP contribution in [0.25, 0.3) is 21.3 Å². The first-order chi connectivity index (χ1) is 14.7. The standard InChI is InChI=1S/C23H23N3O3S2/c1-5-31(28,29)17-8-9-19(27)18(11-17)26-22-21-20(15(4)30-23(21)25-12-24-22)16-7-6-13(2)14(3)10-16/h6-12,27H,5H2,1-4H3,(H,24,25,26). The number of aromatic hydroxyl groups is 1. The maximum absolute atomic E-state index is 12.3.